The van der Waals surface area contributed by atoms with Gasteiger partial charge in [-0.2, -0.15) is 5.26 Å². The second kappa shape index (κ2) is 15.2. The van der Waals surface area contributed by atoms with Gasteiger partial charge in [-0.3, -0.25) is 4.79 Å². The van der Waals surface area contributed by atoms with Crippen LogP contribution < -0.4 is 0 Å². The molecule has 0 fully saturated rings. The zero-order valence-electron chi connectivity index (χ0n) is 12.8. The second-order valence-corrected chi connectivity index (χ2v) is 3.19. The molecular formula is C15H23NO4. The van der Waals surface area contributed by atoms with Crippen molar-refractivity contribution in [1.29, 1.82) is 5.26 Å². The van der Waals surface area contributed by atoms with Gasteiger partial charge in [0.05, 0.1) is 13.2 Å². The van der Waals surface area contributed by atoms with Crippen molar-refractivity contribution in [2.45, 2.75) is 19.8 Å². The van der Waals surface area contributed by atoms with E-state index in [0.717, 1.165) is 0 Å². The minimum atomic E-state index is -0.814. The van der Waals surface area contributed by atoms with Gasteiger partial charge in [-0.15, -0.1) is 0 Å². The lowest BCUT2D eigenvalue weighted by atomic mass is 10.0. The molecule has 5 heteroatoms. The van der Waals surface area contributed by atoms with Crippen LogP contribution in [0.4, 0.5) is 0 Å². The molecule has 5 nitrogen and oxygen atoms in total. The molecule has 0 amide bonds. The Morgan fingerprint density at radius 2 is 1.65 bits per heavy atom. The van der Waals surface area contributed by atoms with Crippen LogP contribution in [0.25, 0.3) is 0 Å². The van der Waals surface area contributed by atoms with Crippen LogP contribution in [0.3, 0.4) is 0 Å². The smallest absolute Gasteiger partial charge is 0.327 e. The molecule has 0 aliphatic carbocycles. The first-order chi connectivity index (χ1) is 9.71. The normalized spacial score (nSPS) is 9.80. The molecule has 1 atom stereocenters. The lowest BCUT2D eigenvalue weighted by Gasteiger charge is -2.05. The summed E-state index contributed by atoms with van der Waals surface area (Å²) in [5.74, 6) is -1.33. The average molecular weight is 281 g/mol. The van der Waals surface area contributed by atoms with Gasteiger partial charge in [0.15, 0.2) is 5.92 Å². The molecule has 0 N–H and O–H groups in total. The van der Waals surface area contributed by atoms with E-state index in [1.54, 1.807) is 38.5 Å². The van der Waals surface area contributed by atoms with Crippen LogP contribution in [0, 0.1) is 11.3 Å². The van der Waals surface area contributed by atoms with E-state index in [4.69, 9.17) is 5.26 Å². The van der Waals surface area contributed by atoms with Gasteiger partial charge in [-0.05, 0) is 5.56 Å². The predicted octanol–water partition coefficient (Wildman–Crippen LogP) is 2.73. The van der Waals surface area contributed by atoms with E-state index in [1.807, 2.05) is 26.0 Å². The van der Waals surface area contributed by atoms with Crippen molar-refractivity contribution >= 4 is 5.97 Å². The van der Waals surface area contributed by atoms with Crippen molar-refractivity contribution in [3.63, 3.8) is 0 Å². The fourth-order valence-corrected chi connectivity index (χ4v) is 1.14. The number of hydrogen-bond acceptors (Lipinski definition) is 5. The molecule has 0 bridgehead atoms. The predicted molar refractivity (Wildman–Crippen MR) is 77.0 cm³/mol. The number of esters is 1. The Kier molecular flexibility index (Phi) is 15.5. The molecule has 0 heterocycles. The van der Waals surface area contributed by atoms with Gasteiger partial charge >= 0.3 is 5.97 Å². The molecule has 1 aromatic rings. The fourth-order valence-electron chi connectivity index (χ4n) is 1.14. The third kappa shape index (κ3) is 9.09. The average Bonchev–Trinajstić information content (AvgIpc) is 2.52. The summed E-state index contributed by atoms with van der Waals surface area (Å²) < 4.78 is 13.4. The molecule has 1 rings (SSSR count). The number of carbonyl (C=O) groups excluding carboxylic acids is 1. The molecule has 0 saturated heterocycles. The Labute approximate surface area is 121 Å². The maximum atomic E-state index is 11.1. The molecule has 0 radical (unpaired) electrons. The summed E-state index contributed by atoms with van der Waals surface area (Å²) in [6.07, 6.45) is 0. The number of benzene rings is 1. The van der Waals surface area contributed by atoms with E-state index in [-0.39, 0.29) is 0 Å². The first kappa shape index (κ1) is 20.4. The Morgan fingerprint density at radius 1 is 1.15 bits per heavy atom. The van der Waals surface area contributed by atoms with Crippen LogP contribution in [0.15, 0.2) is 30.3 Å². The maximum absolute atomic E-state index is 11.1. The highest BCUT2D eigenvalue weighted by Crippen LogP contribution is 2.15. The SMILES string of the molecule is CC.COC(=O)C(C#N)c1ccccc1.COCOC. The number of nitriles is 1. The van der Waals surface area contributed by atoms with Crippen molar-refractivity contribution in [2.75, 3.05) is 28.1 Å². The molecule has 0 aliphatic heterocycles. The van der Waals surface area contributed by atoms with Crippen LogP contribution in [-0.2, 0) is 19.0 Å². The van der Waals surface area contributed by atoms with E-state index < -0.39 is 11.9 Å². The highest BCUT2D eigenvalue weighted by molar-refractivity contribution is 5.81. The van der Waals surface area contributed by atoms with E-state index >= 15 is 0 Å². The highest BCUT2D eigenvalue weighted by Gasteiger charge is 2.19. The number of hydrogen-bond donors (Lipinski definition) is 0. The molecule has 0 saturated carbocycles. The monoisotopic (exact) mass is 281 g/mol. The standard InChI is InChI=1S/C10H9NO2.C3H8O2.C2H6/c1-13-10(12)9(7-11)8-5-3-2-4-6-8;1-4-3-5-2;1-2/h2-6,9H,1H3;3H2,1-2H3;1-2H3. The van der Waals surface area contributed by atoms with Crippen molar-refractivity contribution in [3.8, 4) is 6.07 Å². The maximum Gasteiger partial charge on any atom is 0.327 e. The van der Waals surface area contributed by atoms with Gasteiger partial charge in [0.1, 0.15) is 6.79 Å². The summed E-state index contributed by atoms with van der Waals surface area (Å²) in [7, 11) is 4.45. The highest BCUT2D eigenvalue weighted by atomic mass is 16.6. The van der Waals surface area contributed by atoms with E-state index in [2.05, 4.69) is 14.2 Å². The lowest BCUT2D eigenvalue weighted by Crippen LogP contribution is -2.12. The number of carbonyl (C=O) groups is 1. The Bertz CT molecular complexity index is 371. The Hall–Kier alpha value is -1.90. The van der Waals surface area contributed by atoms with Crippen molar-refractivity contribution in [2.24, 2.45) is 0 Å². The summed E-state index contributed by atoms with van der Waals surface area (Å²) in [5, 5.41) is 8.73. The topological polar surface area (TPSA) is 68.6 Å². The van der Waals surface area contributed by atoms with Gasteiger partial charge in [-0.1, -0.05) is 44.2 Å². The lowest BCUT2D eigenvalue weighted by molar-refractivity contribution is -0.140. The minimum Gasteiger partial charge on any atom is -0.468 e. The molecule has 1 aromatic carbocycles. The summed E-state index contributed by atoms with van der Waals surface area (Å²) in [6, 6.07) is 10.7. The largest absolute Gasteiger partial charge is 0.468 e. The van der Waals surface area contributed by atoms with Gasteiger partial charge in [0.25, 0.3) is 0 Å². The Balaban J connectivity index is 0. The molecule has 20 heavy (non-hydrogen) atoms. The van der Waals surface area contributed by atoms with E-state index in [9.17, 15) is 4.79 Å². The summed E-state index contributed by atoms with van der Waals surface area (Å²) in [5.41, 5.74) is 0.664. The molecule has 1 unspecified atom stereocenters. The molecule has 0 aliphatic rings. The van der Waals surface area contributed by atoms with Crippen LogP contribution >= 0.6 is 0 Å². The van der Waals surface area contributed by atoms with Crippen LogP contribution in [0.2, 0.25) is 0 Å². The van der Waals surface area contributed by atoms with E-state index in [1.165, 1.54) is 7.11 Å². The number of nitrogens with zero attached hydrogens (tertiary/aromatic N) is 1. The molecular weight excluding hydrogens is 258 g/mol. The Morgan fingerprint density at radius 3 is 1.95 bits per heavy atom. The first-order valence-electron chi connectivity index (χ1n) is 6.21. The van der Waals surface area contributed by atoms with Crippen LogP contribution in [-0.4, -0.2) is 34.1 Å². The number of methoxy groups -OCH3 is 3. The zero-order chi connectivity index (χ0) is 15.8. The first-order valence-corrected chi connectivity index (χ1v) is 6.21. The molecule has 0 aromatic heterocycles. The number of ether oxygens (including phenoxy) is 3. The number of rotatable bonds is 4. The van der Waals surface area contributed by atoms with Crippen LogP contribution in [0.5, 0.6) is 0 Å². The van der Waals surface area contributed by atoms with Crippen molar-refractivity contribution < 1.29 is 19.0 Å². The molecule has 112 valence electrons. The summed E-state index contributed by atoms with van der Waals surface area (Å²) >= 11 is 0. The quantitative estimate of drug-likeness (QED) is 0.627. The van der Waals surface area contributed by atoms with Gasteiger partial charge in [0, 0.05) is 14.2 Å². The summed E-state index contributed by atoms with van der Waals surface area (Å²) in [6.45, 7) is 4.39. The molecule has 0 spiro atoms. The summed E-state index contributed by atoms with van der Waals surface area (Å²) in [4.78, 5) is 11.1. The van der Waals surface area contributed by atoms with Gasteiger partial charge in [-0.25, -0.2) is 0 Å². The third-order valence-electron chi connectivity index (χ3n) is 1.93. The zero-order valence-corrected chi connectivity index (χ0v) is 12.8. The van der Waals surface area contributed by atoms with Gasteiger partial charge < -0.3 is 14.2 Å². The van der Waals surface area contributed by atoms with E-state index in [0.29, 0.717) is 12.4 Å². The second-order valence-electron chi connectivity index (χ2n) is 3.19. The van der Waals surface area contributed by atoms with Crippen LogP contribution in [0.1, 0.15) is 25.3 Å². The minimum absolute atomic E-state index is 0.389. The van der Waals surface area contributed by atoms with Crippen molar-refractivity contribution in [1.82, 2.24) is 0 Å². The van der Waals surface area contributed by atoms with Gasteiger partial charge in [0.2, 0.25) is 0 Å². The van der Waals surface area contributed by atoms with Crippen molar-refractivity contribution in [3.05, 3.63) is 35.9 Å². The fraction of sp³-hybridized carbons (Fsp3) is 0.467. The third-order valence-corrected chi connectivity index (χ3v) is 1.93.